The Morgan fingerprint density at radius 2 is 1.45 bits per heavy atom. The molecule has 0 saturated heterocycles. The zero-order valence-electron chi connectivity index (χ0n) is 11.8. The number of nitrogens with zero attached hydrogens (tertiary/aromatic N) is 1. The number of methoxy groups -OCH3 is 1. The third-order valence-corrected chi connectivity index (χ3v) is 3.72. The fraction of sp³-hybridized carbons (Fsp3) is 0.278. The Morgan fingerprint density at radius 3 is 2.05 bits per heavy atom. The number of fused-ring (bicyclic) bond motifs is 2. The molecule has 20 heavy (non-hydrogen) atoms. The van der Waals surface area contributed by atoms with Crippen molar-refractivity contribution in [3.8, 4) is 0 Å². The van der Waals surface area contributed by atoms with Crippen molar-refractivity contribution in [3.63, 3.8) is 0 Å². The lowest BCUT2D eigenvalue weighted by atomic mass is 9.98. The van der Waals surface area contributed by atoms with Gasteiger partial charge in [0.1, 0.15) is 0 Å². The van der Waals surface area contributed by atoms with Crippen LogP contribution in [0.25, 0.3) is 21.8 Å². The smallest absolute Gasteiger partial charge is 0.0712 e. The first kappa shape index (κ1) is 13.1. The van der Waals surface area contributed by atoms with Crippen molar-refractivity contribution in [1.82, 2.24) is 4.98 Å². The Morgan fingerprint density at radius 1 is 0.850 bits per heavy atom. The number of pyridine rings is 1. The lowest BCUT2D eigenvalue weighted by molar-refractivity contribution is 0.193. The molecule has 2 heteroatoms. The van der Waals surface area contributed by atoms with E-state index in [9.17, 15) is 0 Å². The van der Waals surface area contributed by atoms with Gasteiger partial charge in [0.05, 0.1) is 11.0 Å². The largest absolute Gasteiger partial charge is 0.385 e. The molecule has 1 heterocycles. The fourth-order valence-electron chi connectivity index (χ4n) is 2.75. The quantitative estimate of drug-likeness (QED) is 0.505. The molecule has 0 radical (unpaired) electrons. The van der Waals surface area contributed by atoms with E-state index in [0.717, 1.165) is 36.9 Å². The van der Waals surface area contributed by atoms with Crippen LogP contribution in [-0.2, 0) is 11.2 Å². The maximum absolute atomic E-state index is 5.14. The minimum absolute atomic E-state index is 0.834. The summed E-state index contributed by atoms with van der Waals surface area (Å²) in [6.07, 6.45) is 3.32. The van der Waals surface area contributed by atoms with Crippen molar-refractivity contribution in [3.05, 3.63) is 54.1 Å². The van der Waals surface area contributed by atoms with Crippen LogP contribution in [0.3, 0.4) is 0 Å². The first-order valence-corrected chi connectivity index (χ1v) is 7.15. The molecule has 0 amide bonds. The first-order chi connectivity index (χ1) is 9.90. The normalized spacial score (nSPS) is 11.2. The molecule has 0 aliphatic carbocycles. The SMILES string of the molecule is COCCCCc1c2ccccc2nc2ccccc12. The van der Waals surface area contributed by atoms with E-state index in [0.29, 0.717) is 0 Å². The molecule has 0 aliphatic rings. The van der Waals surface area contributed by atoms with Gasteiger partial charge in [-0.1, -0.05) is 36.4 Å². The van der Waals surface area contributed by atoms with Crippen LogP contribution in [-0.4, -0.2) is 18.7 Å². The number of rotatable bonds is 5. The van der Waals surface area contributed by atoms with E-state index in [2.05, 4.69) is 48.5 Å². The summed E-state index contributed by atoms with van der Waals surface area (Å²) in [7, 11) is 1.76. The topological polar surface area (TPSA) is 22.1 Å². The van der Waals surface area contributed by atoms with Gasteiger partial charge < -0.3 is 4.74 Å². The fourth-order valence-corrected chi connectivity index (χ4v) is 2.75. The van der Waals surface area contributed by atoms with E-state index < -0.39 is 0 Å². The molecular weight excluding hydrogens is 246 g/mol. The second kappa shape index (κ2) is 6.02. The molecule has 0 N–H and O–H groups in total. The molecule has 0 bridgehead atoms. The van der Waals surface area contributed by atoms with Crippen molar-refractivity contribution < 1.29 is 4.74 Å². The molecule has 0 aliphatic heterocycles. The lowest BCUT2D eigenvalue weighted by Crippen LogP contribution is -1.95. The molecule has 0 unspecified atom stereocenters. The molecule has 3 aromatic rings. The molecule has 0 fully saturated rings. The zero-order chi connectivity index (χ0) is 13.8. The first-order valence-electron chi connectivity index (χ1n) is 7.15. The number of aryl methyl sites for hydroxylation is 1. The van der Waals surface area contributed by atoms with E-state index >= 15 is 0 Å². The Labute approximate surface area is 119 Å². The van der Waals surface area contributed by atoms with Crippen LogP contribution in [0, 0.1) is 0 Å². The Balaban J connectivity index is 2.08. The van der Waals surface area contributed by atoms with Gasteiger partial charge in [0.2, 0.25) is 0 Å². The molecule has 3 rings (SSSR count). The maximum Gasteiger partial charge on any atom is 0.0712 e. The van der Waals surface area contributed by atoms with Gasteiger partial charge in [-0.15, -0.1) is 0 Å². The third kappa shape index (κ3) is 2.52. The summed E-state index contributed by atoms with van der Waals surface area (Å²) in [5.74, 6) is 0. The van der Waals surface area contributed by atoms with Gasteiger partial charge >= 0.3 is 0 Å². The van der Waals surface area contributed by atoms with E-state index in [1.807, 2.05) is 0 Å². The highest BCUT2D eigenvalue weighted by atomic mass is 16.5. The van der Waals surface area contributed by atoms with Gasteiger partial charge in [-0.3, -0.25) is 0 Å². The Bertz CT molecular complexity index is 667. The number of benzene rings is 2. The van der Waals surface area contributed by atoms with Crippen LogP contribution < -0.4 is 0 Å². The molecule has 0 atom stereocenters. The highest BCUT2D eigenvalue weighted by molar-refractivity contribution is 5.97. The van der Waals surface area contributed by atoms with Gasteiger partial charge in [0.25, 0.3) is 0 Å². The lowest BCUT2D eigenvalue weighted by Gasteiger charge is -2.10. The third-order valence-electron chi connectivity index (χ3n) is 3.72. The number of aromatic nitrogens is 1. The van der Waals surface area contributed by atoms with Gasteiger partial charge in [0, 0.05) is 24.5 Å². The second-order valence-electron chi connectivity index (χ2n) is 5.07. The Kier molecular flexibility index (Phi) is 3.93. The molecule has 0 saturated carbocycles. The zero-order valence-corrected chi connectivity index (χ0v) is 11.8. The Hall–Kier alpha value is -1.93. The minimum atomic E-state index is 0.834. The van der Waals surface area contributed by atoms with Crippen LogP contribution in [0.2, 0.25) is 0 Å². The number of ether oxygens (including phenoxy) is 1. The highest BCUT2D eigenvalue weighted by Gasteiger charge is 2.07. The predicted octanol–water partition coefficient (Wildman–Crippen LogP) is 4.36. The molecule has 102 valence electrons. The van der Waals surface area contributed by atoms with Crippen LogP contribution >= 0.6 is 0 Å². The number of unbranched alkanes of at least 4 members (excludes halogenated alkanes) is 1. The molecule has 0 spiro atoms. The number of para-hydroxylation sites is 2. The average Bonchev–Trinajstić information content (AvgIpc) is 2.50. The van der Waals surface area contributed by atoms with Crippen molar-refractivity contribution >= 4 is 21.8 Å². The van der Waals surface area contributed by atoms with Gasteiger partial charge in [-0.05, 0) is 37.0 Å². The average molecular weight is 265 g/mol. The summed E-state index contributed by atoms with van der Waals surface area (Å²) in [5, 5.41) is 2.56. The highest BCUT2D eigenvalue weighted by Crippen LogP contribution is 2.27. The van der Waals surface area contributed by atoms with Crippen molar-refractivity contribution in [1.29, 1.82) is 0 Å². The van der Waals surface area contributed by atoms with Crippen LogP contribution in [0.15, 0.2) is 48.5 Å². The number of hydrogen-bond donors (Lipinski definition) is 0. The van der Waals surface area contributed by atoms with E-state index in [1.165, 1.54) is 16.3 Å². The van der Waals surface area contributed by atoms with Crippen LogP contribution in [0.4, 0.5) is 0 Å². The summed E-state index contributed by atoms with van der Waals surface area (Å²) >= 11 is 0. The van der Waals surface area contributed by atoms with Gasteiger partial charge in [0.15, 0.2) is 0 Å². The van der Waals surface area contributed by atoms with Crippen molar-refractivity contribution in [2.45, 2.75) is 19.3 Å². The van der Waals surface area contributed by atoms with Gasteiger partial charge in [-0.25, -0.2) is 4.98 Å². The summed E-state index contributed by atoms with van der Waals surface area (Å²) < 4.78 is 5.14. The molecule has 2 nitrogen and oxygen atoms in total. The van der Waals surface area contributed by atoms with Crippen LogP contribution in [0.1, 0.15) is 18.4 Å². The van der Waals surface area contributed by atoms with E-state index in [-0.39, 0.29) is 0 Å². The summed E-state index contributed by atoms with van der Waals surface area (Å²) in [5.41, 5.74) is 3.60. The monoisotopic (exact) mass is 265 g/mol. The standard InChI is InChI=1S/C18H19NO/c1-20-13-7-6-8-14-15-9-2-4-11-17(15)19-18-12-5-3-10-16(14)18/h2-5,9-12H,6-8,13H2,1H3. The molecule has 1 aromatic heterocycles. The van der Waals surface area contributed by atoms with Crippen LogP contribution in [0.5, 0.6) is 0 Å². The summed E-state index contributed by atoms with van der Waals surface area (Å²) in [4.78, 5) is 4.76. The number of hydrogen-bond acceptors (Lipinski definition) is 2. The molecule has 2 aromatic carbocycles. The molecular formula is C18H19NO. The van der Waals surface area contributed by atoms with E-state index in [4.69, 9.17) is 9.72 Å². The van der Waals surface area contributed by atoms with E-state index in [1.54, 1.807) is 7.11 Å². The summed E-state index contributed by atoms with van der Waals surface area (Å²) in [6.45, 7) is 0.834. The van der Waals surface area contributed by atoms with Crippen molar-refractivity contribution in [2.75, 3.05) is 13.7 Å². The summed E-state index contributed by atoms with van der Waals surface area (Å²) in [6, 6.07) is 16.9. The maximum atomic E-state index is 5.14. The van der Waals surface area contributed by atoms with Gasteiger partial charge in [-0.2, -0.15) is 0 Å². The van der Waals surface area contributed by atoms with Crippen molar-refractivity contribution in [2.24, 2.45) is 0 Å². The second-order valence-corrected chi connectivity index (χ2v) is 5.07. The minimum Gasteiger partial charge on any atom is -0.385 e. The predicted molar refractivity (Wildman–Crippen MR) is 84.1 cm³/mol.